The summed E-state index contributed by atoms with van der Waals surface area (Å²) in [6.45, 7) is 8.15. The zero-order valence-corrected chi connectivity index (χ0v) is 22.4. The third-order valence-corrected chi connectivity index (χ3v) is 4.55. The third kappa shape index (κ3) is 11.0. The highest BCUT2D eigenvalue weighted by molar-refractivity contribution is 14.0. The van der Waals surface area contributed by atoms with E-state index in [1.165, 1.54) is 0 Å². The molecule has 0 fully saturated rings. The van der Waals surface area contributed by atoms with Crippen molar-refractivity contribution in [3.8, 4) is 11.6 Å². The molecule has 2 N–H and O–H groups in total. The molecule has 2 rings (SSSR count). The van der Waals surface area contributed by atoms with Crippen molar-refractivity contribution in [2.45, 2.75) is 33.4 Å². The number of nitrogens with zero attached hydrogens (tertiary/aromatic N) is 2. The van der Waals surface area contributed by atoms with Gasteiger partial charge in [-0.15, -0.1) is 24.0 Å². The van der Waals surface area contributed by atoms with E-state index in [-0.39, 0.29) is 24.0 Å². The van der Waals surface area contributed by atoms with E-state index in [2.05, 4.69) is 40.7 Å². The third-order valence-electron chi connectivity index (χ3n) is 4.55. The molecule has 0 radical (unpaired) electrons. The average molecular weight is 572 g/mol. The number of pyridine rings is 1. The second-order valence-corrected chi connectivity index (χ2v) is 7.16. The lowest BCUT2D eigenvalue weighted by molar-refractivity contribution is 0.143. The maximum atomic E-state index is 5.99. The molecule has 0 saturated carbocycles. The summed E-state index contributed by atoms with van der Waals surface area (Å²) in [4.78, 5) is 9.02. The summed E-state index contributed by atoms with van der Waals surface area (Å²) in [6, 6.07) is 10.1. The first-order chi connectivity index (χ1) is 15.7. The first-order valence-corrected chi connectivity index (χ1v) is 11.0. The highest BCUT2D eigenvalue weighted by atomic mass is 127. The van der Waals surface area contributed by atoms with Crippen LogP contribution in [0.4, 0.5) is 0 Å². The Bertz CT molecular complexity index is 836. The van der Waals surface area contributed by atoms with Crippen molar-refractivity contribution in [1.82, 2.24) is 15.6 Å². The molecule has 184 valence electrons. The summed E-state index contributed by atoms with van der Waals surface area (Å²) < 4.78 is 21.8. The van der Waals surface area contributed by atoms with Gasteiger partial charge >= 0.3 is 0 Å². The lowest BCUT2D eigenvalue weighted by Crippen LogP contribution is -2.36. The molecule has 0 unspecified atom stereocenters. The minimum atomic E-state index is 0. The maximum Gasteiger partial charge on any atom is 0.218 e. The number of aryl methyl sites for hydroxylation is 1. The van der Waals surface area contributed by atoms with E-state index in [9.17, 15) is 0 Å². The molecule has 0 bridgehead atoms. The summed E-state index contributed by atoms with van der Waals surface area (Å²) in [5.74, 6) is 2.17. The van der Waals surface area contributed by atoms with Crippen LogP contribution in [0.1, 0.15) is 30.0 Å². The van der Waals surface area contributed by atoms with Gasteiger partial charge in [0.05, 0.1) is 19.8 Å². The number of aliphatic imine (C=N–C) groups is 1. The minimum Gasteiger partial charge on any atom is -0.493 e. The summed E-state index contributed by atoms with van der Waals surface area (Å²) >= 11 is 0. The van der Waals surface area contributed by atoms with Crippen LogP contribution in [0, 0.1) is 6.92 Å². The molecule has 1 aromatic heterocycles. The lowest BCUT2D eigenvalue weighted by Gasteiger charge is -2.16. The zero-order chi connectivity index (χ0) is 23.0. The summed E-state index contributed by atoms with van der Waals surface area (Å²) in [5, 5.41) is 6.68. The van der Waals surface area contributed by atoms with Crippen LogP contribution in [0.3, 0.4) is 0 Å². The highest BCUT2D eigenvalue weighted by Gasteiger charge is 2.08. The van der Waals surface area contributed by atoms with Crippen LogP contribution >= 0.6 is 24.0 Å². The number of ether oxygens (including phenoxy) is 4. The van der Waals surface area contributed by atoms with Crippen molar-refractivity contribution in [3.05, 3.63) is 53.2 Å². The maximum absolute atomic E-state index is 5.99. The standard InChI is InChI=1S/C24H36N4O4.HI/c1-5-25-24(28-18-21-8-6-11-26-23(21)32-15-14-30-4)27-17-20-10-9-19(2)16-22(20)31-13-7-12-29-3;/h6,8-11,16H,5,7,12-15,17-18H2,1-4H3,(H2,25,27,28);1H. The molecule has 0 aliphatic heterocycles. The number of rotatable bonds is 14. The molecule has 8 nitrogen and oxygen atoms in total. The molecule has 1 heterocycles. The van der Waals surface area contributed by atoms with Crippen LogP contribution in [-0.2, 0) is 22.6 Å². The van der Waals surface area contributed by atoms with Gasteiger partial charge in [-0.25, -0.2) is 9.98 Å². The second kappa shape index (κ2) is 17.4. The number of aromatic nitrogens is 1. The van der Waals surface area contributed by atoms with Gasteiger partial charge in [0.2, 0.25) is 5.88 Å². The Morgan fingerprint density at radius 3 is 2.55 bits per heavy atom. The molecular weight excluding hydrogens is 535 g/mol. The molecule has 9 heteroatoms. The Kier molecular flexibility index (Phi) is 15.2. The molecule has 2 aromatic rings. The van der Waals surface area contributed by atoms with Gasteiger partial charge in [0.15, 0.2) is 5.96 Å². The van der Waals surface area contributed by atoms with Gasteiger partial charge in [-0.05, 0) is 31.5 Å². The van der Waals surface area contributed by atoms with E-state index in [0.717, 1.165) is 35.4 Å². The fraction of sp³-hybridized carbons (Fsp3) is 0.500. The first kappa shape index (κ1) is 28.9. The van der Waals surface area contributed by atoms with Gasteiger partial charge in [-0.1, -0.05) is 18.2 Å². The Hall–Kier alpha value is -2.11. The monoisotopic (exact) mass is 572 g/mol. The van der Waals surface area contributed by atoms with Crippen molar-refractivity contribution in [3.63, 3.8) is 0 Å². The molecule has 33 heavy (non-hydrogen) atoms. The average Bonchev–Trinajstić information content (AvgIpc) is 2.80. The number of benzene rings is 1. The smallest absolute Gasteiger partial charge is 0.218 e. The molecule has 0 aliphatic rings. The Balaban J connectivity index is 0.00000544. The van der Waals surface area contributed by atoms with Crippen molar-refractivity contribution in [2.75, 3.05) is 47.2 Å². The van der Waals surface area contributed by atoms with Crippen LogP contribution in [0.5, 0.6) is 11.6 Å². The van der Waals surface area contributed by atoms with Crippen molar-refractivity contribution < 1.29 is 18.9 Å². The molecular formula is C24H37IN4O4. The number of nitrogens with one attached hydrogen (secondary N) is 2. The Labute approximate surface area is 214 Å². The minimum absolute atomic E-state index is 0. The van der Waals surface area contributed by atoms with Crippen LogP contribution in [0.2, 0.25) is 0 Å². The normalized spacial score (nSPS) is 11.0. The fourth-order valence-electron chi connectivity index (χ4n) is 2.91. The largest absolute Gasteiger partial charge is 0.493 e. The zero-order valence-electron chi connectivity index (χ0n) is 20.1. The van der Waals surface area contributed by atoms with Gasteiger partial charge in [-0.2, -0.15) is 0 Å². The number of halogens is 1. The quantitative estimate of drug-likeness (QED) is 0.155. The molecule has 0 amide bonds. The summed E-state index contributed by atoms with van der Waals surface area (Å²) in [6.07, 6.45) is 2.56. The van der Waals surface area contributed by atoms with Crippen LogP contribution in [0.15, 0.2) is 41.5 Å². The van der Waals surface area contributed by atoms with Crippen molar-refractivity contribution in [1.29, 1.82) is 0 Å². The van der Waals surface area contributed by atoms with Crippen LogP contribution < -0.4 is 20.1 Å². The molecule has 0 saturated heterocycles. The van der Waals surface area contributed by atoms with Crippen LogP contribution in [-0.4, -0.2) is 58.1 Å². The van der Waals surface area contributed by atoms with E-state index in [4.69, 9.17) is 23.9 Å². The van der Waals surface area contributed by atoms with Gasteiger partial charge < -0.3 is 29.6 Å². The van der Waals surface area contributed by atoms with E-state index in [1.807, 2.05) is 19.1 Å². The van der Waals surface area contributed by atoms with Crippen molar-refractivity contribution in [2.24, 2.45) is 4.99 Å². The van der Waals surface area contributed by atoms with E-state index >= 15 is 0 Å². The van der Waals surface area contributed by atoms with Gasteiger partial charge in [0.25, 0.3) is 0 Å². The number of hydrogen-bond acceptors (Lipinski definition) is 6. The van der Waals surface area contributed by atoms with Gasteiger partial charge in [0, 0.05) is 57.7 Å². The molecule has 0 atom stereocenters. The van der Waals surface area contributed by atoms with Gasteiger partial charge in [-0.3, -0.25) is 0 Å². The van der Waals surface area contributed by atoms with Gasteiger partial charge in [0.1, 0.15) is 12.4 Å². The second-order valence-electron chi connectivity index (χ2n) is 7.16. The van der Waals surface area contributed by atoms with E-state index in [0.29, 0.717) is 51.4 Å². The first-order valence-electron chi connectivity index (χ1n) is 11.0. The number of guanidine groups is 1. The summed E-state index contributed by atoms with van der Waals surface area (Å²) in [7, 11) is 3.34. The predicted molar refractivity (Wildman–Crippen MR) is 142 cm³/mol. The van der Waals surface area contributed by atoms with E-state index in [1.54, 1.807) is 20.4 Å². The topological polar surface area (TPSA) is 86.2 Å². The highest BCUT2D eigenvalue weighted by Crippen LogP contribution is 2.21. The summed E-state index contributed by atoms with van der Waals surface area (Å²) in [5.41, 5.74) is 3.15. The fourth-order valence-corrected chi connectivity index (χ4v) is 2.91. The Morgan fingerprint density at radius 2 is 1.79 bits per heavy atom. The van der Waals surface area contributed by atoms with Crippen molar-refractivity contribution >= 4 is 29.9 Å². The van der Waals surface area contributed by atoms with Crippen LogP contribution in [0.25, 0.3) is 0 Å². The SMILES string of the molecule is CCNC(=NCc1cccnc1OCCOC)NCc1ccc(C)cc1OCCCOC.I. The number of methoxy groups -OCH3 is 2. The number of hydrogen-bond donors (Lipinski definition) is 2. The molecule has 0 aliphatic carbocycles. The lowest BCUT2D eigenvalue weighted by atomic mass is 10.1. The molecule has 1 aromatic carbocycles. The molecule has 0 spiro atoms. The predicted octanol–water partition coefficient (Wildman–Crippen LogP) is 3.70. The van der Waals surface area contributed by atoms with E-state index < -0.39 is 0 Å². The Morgan fingerprint density at radius 1 is 0.970 bits per heavy atom.